The van der Waals surface area contributed by atoms with Gasteiger partial charge in [0.2, 0.25) is 17.7 Å². The fraction of sp³-hybridized carbons (Fsp3) is 0.423. The van der Waals surface area contributed by atoms with E-state index in [1.54, 1.807) is 0 Å². The number of carbonyl (C=O) groups excluding carboxylic acids is 3. The first-order valence-electron chi connectivity index (χ1n) is 12.1. The van der Waals surface area contributed by atoms with Crippen molar-refractivity contribution in [3.63, 3.8) is 0 Å². The number of amides is 3. The maximum Gasteiger partial charge on any atom is 0.418 e. The Bertz CT molecular complexity index is 1170. The Kier molecular flexibility index (Phi) is 10.0. The highest BCUT2D eigenvalue weighted by atomic mass is 32.2. The number of para-hydroxylation sites is 1. The molecule has 3 amide bonds. The molecular weight excluding hydrogens is 526 g/mol. The molecule has 0 radical (unpaired) electrons. The molecule has 2 N–H and O–H groups in total. The second kappa shape index (κ2) is 13.0. The Morgan fingerprint density at radius 3 is 2.26 bits per heavy atom. The van der Waals surface area contributed by atoms with E-state index in [4.69, 9.17) is 0 Å². The maximum atomic E-state index is 13.8. The van der Waals surface area contributed by atoms with Crippen molar-refractivity contribution in [3.05, 3.63) is 59.9 Å². The molecule has 206 valence electrons. The van der Waals surface area contributed by atoms with E-state index < -0.39 is 69.3 Å². The Morgan fingerprint density at radius 2 is 1.63 bits per heavy atom. The monoisotopic (exact) mass is 555 g/mol. The predicted molar refractivity (Wildman–Crippen MR) is 136 cm³/mol. The molecule has 1 fully saturated rings. The molecule has 1 aliphatic carbocycles. The molecule has 0 aliphatic heterocycles. The average Bonchev–Trinajstić information content (AvgIpc) is 2.85. The molecule has 3 rings (SSSR count). The van der Waals surface area contributed by atoms with Crippen LogP contribution >= 0.6 is 0 Å². The second-order valence-corrected chi connectivity index (χ2v) is 10.5. The Labute approximate surface area is 220 Å². The van der Waals surface area contributed by atoms with E-state index in [0.29, 0.717) is 4.90 Å². The van der Waals surface area contributed by atoms with Crippen LogP contribution in [0.3, 0.4) is 0 Å². The Morgan fingerprint density at radius 1 is 1.00 bits per heavy atom. The summed E-state index contributed by atoms with van der Waals surface area (Å²) in [4.78, 5) is 39.2. The fourth-order valence-corrected chi connectivity index (χ4v) is 5.18. The molecule has 38 heavy (non-hydrogen) atoms. The van der Waals surface area contributed by atoms with Crippen LogP contribution in [0.5, 0.6) is 0 Å². The molecule has 12 heteroatoms. The number of anilines is 2. The van der Waals surface area contributed by atoms with Crippen molar-refractivity contribution in [2.75, 3.05) is 21.7 Å². The van der Waals surface area contributed by atoms with Crippen LogP contribution in [0.1, 0.15) is 44.6 Å². The Balaban J connectivity index is 1.78. The molecule has 0 bridgehead atoms. The van der Waals surface area contributed by atoms with E-state index in [1.807, 2.05) is 0 Å². The SMILES string of the molecule is CC(C(=O)NC1CCCCC1)N(C(=O)CS(=O)CC(=O)Nc1ccc(F)cc1)c1ccccc1C(F)(F)F. The van der Waals surface area contributed by atoms with Crippen LogP contribution in [0.2, 0.25) is 0 Å². The minimum Gasteiger partial charge on any atom is -0.352 e. The molecule has 0 aromatic heterocycles. The van der Waals surface area contributed by atoms with E-state index in [2.05, 4.69) is 10.6 Å². The first-order chi connectivity index (χ1) is 18.0. The summed E-state index contributed by atoms with van der Waals surface area (Å²) in [6.07, 6.45) is -0.484. The third kappa shape index (κ3) is 8.11. The number of rotatable bonds is 9. The van der Waals surface area contributed by atoms with Crippen LogP contribution in [-0.2, 0) is 31.4 Å². The predicted octanol–water partition coefficient (Wildman–Crippen LogP) is 4.40. The van der Waals surface area contributed by atoms with Gasteiger partial charge in [0.1, 0.15) is 23.4 Å². The molecule has 0 spiro atoms. The van der Waals surface area contributed by atoms with E-state index >= 15 is 0 Å². The first kappa shape index (κ1) is 29.3. The van der Waals surface area contributed by atoms with Crippen molar-refractivity contribution in [2.24, 2.45) is 0 Å². The lowest BCUT2D eigenvalue weighted by Gasteiger charge is -2.32. The van der Waals surface area contributed by atoms with E-state index in [0.717, 1.165) is 56.4 Å². The van der Waals surface area contributed by atoms with Gasteiger partial charge in [-0.25, -0.2) is 4.39 Å². The molecular formula is C26H29F4N3O4S. The van der Waals surface area contributed by atoms with Crippen LogP contribution in [-0.4, -0.2) is 45.5 Å². The molecule has 2 aromatic carbocycles. The van der Waals surface area contributed by atoms with Gasteiger partial charge < -0.3 is 10.6 Å². The summed E-state index contributed by atoms with van der Waals surface area (Å²) in [6, 6.07) is 7.70. The van der Waals surface area contributed by atoms with Gasteiger partial charge in [-0.15, -0.1) is 0 Å². The number of alkyl halides is 3. The largest absolute Gasteiger partial charge is 0.418 e. The third-order valence-corrected chi connectivity index (χ3v) is 7.31. The minimum absolute atomic E-state index is 0.141. The number of nitrogens with one attached hydrogen (secondary N) is 2. The summed E-state index contributed by atoms with van der Waals surface area (Å²) in [6.45, 7) is 1.31. The van der Waals surface area contributed by atoms with Crippen molar-refractivity contribution >= 4 is 39.9 Å². The fourth-order valence-electron chi connectivity index (χ4n) is 4.30. The quantitative estimate of drug-likeness (QED) is 0.449. The average molecular weight is 556 g/mol. The number of halogens is 4. The molecule has 2 unspecified atom stereocenters. The van der Waals surface area contributed by atoms with Crippen LogP contribution < -0.4 is 15.5 Å². The lowest BCUT2D eigenvalue weighted by molar-refractivity contribution is -0.137. The van der Waals surface area contributed by atoms with Crippen LogP contribution in [0.15, 0.2) is 48.5 Å². The number of benzene rings is 2. The summed E-state index contributed by atoms with van der Waals surface area (Å²) >= 11 is 0. The van der Waals surface area contributed by atoms with Crippen LogP contribution in [0.4, 0.5) is 28.9 Å². The van der Waals surface area contributed by atoms with Crippen molar-refractivity contribution in [2.45, 2.75) is 57.3 Å². The van der Waals surface area contributed by atoms with Gasteiger partial charge >= 0.3 is 6.18 Å². The van der Waals surface area contributed by atoms with Crippen molar-refractivity contribution < 1.29 is 36.2 Å². The molecule has 2 aromatic rings. The smallest absolute Gasteiger partial charge is 0.352 e. The van der Waals surface area contributed by atoms with Gasteiger partial charge in [0.15, 0.2) is 0 Å². The molecule has 0 heterocycles. The lowest BCUT2D eigenvalue weighted by atomic mass is 9.95. The second-order valence-electron chi connectivity index (χ2n) is 9.08. The molecule has 1 saturated carbocycles. The van der Waals surface area contributed by atoms with Crippen molar-refractivity contribution in [1.82, 2.24) is 5.32 Å². The van der Waals surface area contributed by atoms with Gasteiger partial charge in [0.05, 0.1) is 11.3 Å². The minimum atomic E-state index is -4.82. The van der Waals surface area contributed by atoms with E-state index in [1.165, 1.54) is 31.2 Å². The Hall–Kier alpha value is -3.28. The lowest BCUT2D eigenvalue weighted by Crippen LogP contribution is -2.52. The van der Waals surface area contributed by atoms with Gasteiger partial charge in [-0.05, 0) is 56.2 Å². The maximum absolute atomic E-state index is 13.8. The zero-order chi connectivity index (χ0) is 27.9. The van der Waals surface area contributed by atoms with Gasteiger partial charge in [-0.3, -0.25) is 23.5 Å². The van der Waals surface area contributed by atoms with E-state index in [-0.39, 0.29) is 11.7 Å². The van der Waals surface area contributed by atoms with Gasteiger partial charge in [-0.1, -0.05) is 31.4 Å². The summed E-state index contributed by atoms with van der Waals surface area (Å²) in [5, 5.41) is 5.23. The highest BCUT2D eigenvalue weighted by Gasteiger charge is 2.39. The van der Waals surface area contributed by atoms with Crippen molar-refractivity contribution in [3.8, 4) is 0 Å². The number of hydrogen-bond acceptors (Lipinski definition) is 4. The number of nitrogens with zero attached hydrogens (tertiary/aromatic N) is 1. The highest BCUT2D eigenvalue weighted by molar-refractivity contribution is 7.86. The van der Waals surface area contributed by atoms with E-state index in [9.17, 15) is 36.2 Å². The normalized spacial score (nSPS) is 15.8. The van der Waals surface area contributed by atoms with Gasteiger partial charge in [-0.2, -0.15) is 13.2 Å². The summed E-state index contributed by atoms with van der Waals surface area (Å²) in [5.74, 6) is -4.28. The highest BCUT2D eigenvalue weighted by Crippen LogP contribution is 2.37. The van der Waals surface area contributed by atoms with Gasteiger partial charge in [0, 0.05) is 22.5 Å². The summed E-state index contributed by atoms with van der Waals surface area (Å²) in [7, 11) is -2.11. The molecule has 2 atom stereocenters. The molecule has 1 aliphatic rings. The van der Waals surface area contributed by atoms with Crippen molar-refractivity contribution in [1.29, 1.82) is 0 Å². The zero-order valence-electron chi connectivity index (χ0n) is 20.7. The standard InChI is InChI=1S/C26H29F4N3O4S/c1-17(25(36)32-19-7-3-2-4-8-19)33(22-10-6-5-9-21(22)26(28,29)30)24(35)16-38(37)15-23(34)31-20-13-11-18(27)12-14-20/h5-6,9-14,17,19H,2-4,7-8,15-16H2,1H3,(H,31,34)(H,32,36). The molecule has 0 saturated heterocycles. The summed E-state index contributed by atoms with van der Waals surface area (Å²) < 4.78 is 67.1. The zero-order valence-corrected chi connectivity index (χ0v) is 21.5. The molecule has 7 nitrogen and oxygen atoms in total. The van der Waals surface area contributed by atoms with Crippen LogP contribution in [0.25, 0.3) is 0 Å². The summed E-state index contributed by atoms with van der Waals surface area (Å²) in [5.41, 5.74) is -1.41. The number of carbonyl (C=O) groups is 3. The van der Waals surface area contributed by atoms with Gasteiger partial charge in [0.25, 0.3) is 0 Å². The number of hydrogen-bond donors (Lipinski definition) is 2. The van der Waals surface area contributed by atoms with Crippen LogP contribution in [0, 0.1) is 5.82 Å². The first-order valence-corrected chi connectivity index (χ1v) is 13.6. The topological polar surface area (TPSA) is 95.6 Å². The third-order valence-electron chi connectivity index (χ3n) is 6.16.